The van der Waals surface area contributed by atoms with Crippen LogP contribution in [0.15, 0.2) is 22.8 Å². The number of furan rings is 1. The lowest BCUT2D eigenvalue weighted by molar-refractivity contribution is -0.142. The molecule has 1 heterocycles. The highest BCUT2D eigenvalue weighted by molar-refractivity contribution is 5.94. The number of hydrogen-bond acceptors (Lipinski definition) is 4. The van der Waals surface area contributed by atoms with Gasteiger partial charge in [0.1, 0.15) is 0 Å². The molecule has 20 heavy (non-hydrogen) atoms. The van der Waals surface area contributed by atoms with Crippen LogP contribution in [0.4, 0.5) is 0 Å². The van der Waals surface area contributed by atoms with Gasteiger partial charge >= 0.3 is 5.97 Å². The summed E-state index contributed by atoms with van der Waals surface area (Å²) in [6, 6.07) is 2.57. The van der Waals surface area contributed by atoms with E-state index in [-0.39, 0.29) is 12.3 Å². The monoisotopic (exact) mass is 282 g/mol. The number of carbonyl (C=O) groups excluding carboxylic acids is 2. The first-order chi connectivity index (χ1) is 9.32. The van der Waals surface area contributed by atoms with E-state index in [0.29, 0.717) is 0 Å². The first-order valence-electron chi connectivity index (χ1n) is 6.14. The molecule has 2 amide bonds. The molecule has 2 unspecified atom stereocenters. The molecule has 0 bridgehead atoms. The summed E-state index contributed by atoms with van der Waals surface area (Å²) in [6.45, 7) is 2.94. The van der Waals surface area contributed by atoms with Gasteiger partial charge in [-0.25, -0.2) is 0 Å². The van der Waals surface area contributed by atoms with Gasteiger partial charge in [-0.3, -0.25) is 14.4 Å². The smallest absolute Gasteiger partial charge is 0.308 e. The molecule has 0 spiro atoms. The van der Waals surface area contributed by atoms with Gasteiger partial charge in [-0.2, -0.15) is 0 Å². The lowest BCUT2D eigenvalue weighted by Gasteiger charge is -2.20. The molecule has 2 N–H and O–H groups in total. The fourth-order valence-corrected chi connectivity index (χ4v) is 1.51. The highest BCUT2D eigenvalue weighted by Crippen LogP contribution is 2.05. The van der Waals surface area contributed by atoms with Crippen LogP contribution in [0.2, 0.25) is 0 Å². The van der Waals surface area contributed by atoms with Crippen LogP contribution in [-0.2, 0) is 9.59 Å². The number of carbonyl (C=O) groups is 3. The molecule has 0 saturated carbocycles. The minimum absolute atomic E-state index is 0.146. The normalized spacial score (nSPS) is 13.3. The molecule has 0 aliphatic carbocycles. The van der Waals surface area contributed by atoms with Crippen LogP contribution in [0.3, 0.4) is 0 Å². The van der Waals surface area contributed by atoms with Crippen molar-refractivity contribution in [2.75, 3.05) is 13.6 Å². The molecule has 2 atom stereocenters. The zero-order valence-corrected chi connectivity index (χ0v) is 11.6. The Kier molecular flexibility index (Phi) is 5.31. The first kappa shape index (κ1) is 15.7. The summed E-state index contributed by atoms with van der Waals surface area (Å²) in [5.41, 5.74) is 0. The molecule has 7 heteroatoms. The molecule has 0 saturated heterocycles. The number of amides is 2. The van der Waals surface area contributed by atoms with E-state index in [1.807, 2.05) is 0 Å². The van der Waals surface area contributed by atoms with Crippen molar-refractivity contribution in [2.45, 2.75) is 19.9 Å². The molecule has 1 aromatic heterocycles. The van der Waals surface area contributed by atoms with Crippen molar-refractivity contribution in [2.24, 2.45) is 5.92 Å². The van der Waals surface area contributed by atoms with Crippen molar-refractivity contribution in [3.05, 3.63) is 24.2 Å². The highest BCUT2D eigenvalue weighted by Gasteiger charge is 2.23. The number of carboxylic acid groups (broad SMARTS) is 1. The van der Waals surface area contributed by atoms with E-state index in [1.54, 1.807) is 13.0 Å². The van der Waals surface area contributed by atoms with Gasteiger partial charge in [0.05, 0.1) is 18.7 Å². The highest BCUT2D eigenvalue weighted by atomic mass is 16.4. The summed E-state index contributed by atoms with van der Waals surface area (Å²) < 4.78 is 4.95. The van der Waals surface area contributed by atoms with Gasteiger partial charge < -0.3 is 19.7 Å². The molecule has 1 aromatic rings. The van der Waals surface area contributed by atoms with Gasteiger partial charge in [-0.1, -0.05) is 0 Å². The van der Waals surface area contributed by atoms with Crippen LogP contribution in [0.5, 0.6) is 0 Å². The number of carboxylic acids is 1. The van der Waals surface area contributed by atoms with Crippen LogP contribution in [0.1, 0.15) is 24.4 Å². The molecule has 0 aliphatic heterocycles. The summed E-state index contributed by atoms with van der Waals surface area (Å²) in [7, 11) is 1.47. The van der Waals surface area contributed by atoms with E-state index in [4.69, 9.17) is 9.52 Å². The van der Waals surface area contributed by atoms with Crippen molar-refractivity contribution in [3.63, 3.8) is 0 Å². The predicted molar refractivity (Wildman–Crippen MR) is 70.1 cm³/mol. The van der Waals surface area contributed by atoms with Gasteiger partial charge in [0.2, 0.25) is 5.91 Å². The van der Waals surface area contributed by atoms with Crippen LogP contribution in [0, 0.1) is 5.92 Å². The Balaban J connectivity index is 2.50. The van der Waals surface area contributed by atoms with Crippen LogP contribution < -0.4 is 5.32 Å². The second kappa shape index (κ2) is 6.74. The van der Waals surface area contributed by atoms with Crippen molar-refractivity contribution < 1.29 is 23.9 Å². The lowest BCUT2D eigenvalue weighted by atomic mass is 10.0. The van der Waals surface area contributed by atoms with Gasteiger partial charge in [0.25, 0.3) is 5.91 Å². The summed E-state index contributed by atoms with van der Waals surface area (Å²) in [6.07, 6.45) is 1.37. The Hall–Kier alpha value is -2.31. The summed E-state index contributed by atoms with van der Waals surface area (Å²) >= 11 is 0. The first-order valence-corrected chi connectivity index (χ1v) is 6.14. The molecule has 1 rings (SSSR count). The lowest BCUT2D eigenvalue weighted by Crippen LogP contribution is -2.45. The third kappa shape index (κ3) is 4.11. The summed E-state index contributed by atoms with van der Waals surface area (Å²) in [5.74, 6) is -2.38. The quantitative estimate of drug-likeness (QED) is 0.795. The number of hydrogen-bond donors (Lipinski definition) is 2. The van der Waals surface area contributed by atoms with Crippen LogP contribution in [-0.4, -0.2) is 47.4 Å². The Morgan fingerprint density at radius 1 is 1.40 bits per heavy atom. The Morgan fingerprint density at radius 2 is 2.05 bits per heavy atom. The second-order valence-electron chi connectivity index (χ2n) is 4.62. The van der Waals surface area contributed by atoms with E-state index < -0.39 is 29.7 Å². The third-order valence-corrected chi connectivity index (χ3v) is 2.99. The molecular formula is C13H18N2O5. The van der Waals surface area contributed by atoms with E-state index in [0.717, 1.165) is 0 Å². The fourth-order valence-electron chi connectivity index (χ4n) is 1.51. The largest absolute Gasteiger partial charge is 0.481 e. The number of nitrogens with zero attached hydrogens (tertiary/aromatic N) is 1. The molecule has 7 nitrogen and oxygen atoms in total. The Bertz CT molecular complexity index is 483. The SMILES string of the molecule is CC(NC(=O)CN(C)C(=O)c1ccco1)C(C)C(=O)O. The van der Waals surface area contributed by atoms with Gasteiger partial charge in [-0.05, 0) is 26.0 Å². The molecule has 110 valence electrons. The molecular weight excluding hydrogens is 264 g/mol. The molecule has 0 aromatic carbocycles. The third-order valence-electron chi connectivity index (χ3n) is 2.99. The maximum absolute atomic E-state index is 11.8. The van der Waals surface area contributed by atoms with E-state index in [9.17, 15) is 14.4 Å². The number of rotatable bonds is 6. The van der Waals surface area contributed by atoms with Gasteiger partial charge in [-0.15, -0.1) is 0 Å². The van der Waals surface area contributed by atoms with E-state index in [1.165, 1.54) is 31.2 Å². The summed E-state index contributed by atoms with van der Waals surface area (Å²) in [5, 5.41) is 11.4. The van der Waals surface area contributed by atoms with E-state index >= 15 is 0 Å². The molecule has 0 radical (unpaired) electrons. The zero-order chi connectivity index (χ0) is 15.3. The minimum Gasteiger partial charge on any atom is -0.481 e. The van der Waals surface area contributed by atoms with Crippen molar-refractivity contribution in [1.82, 2.24) is 10.2 Å². The topological polar surface area (TPSA) is 99.9 Å². The number of nitrogens with one attached hydrogen (secondary N) is 1. The van der Waals surface area contributed by atoms with Crippen molar-refractivity contribution in [1.29, 1.82) is 0 Å². The van der Waals surface area contributed by atoms with Crippen molar-refractivity contribution >= 4 is 17.8 Å². The Morgan fingerprint density at radius 3 is 2.55 bits per heavy atom. The van der Waals surface area contributed by atoms with Crippen LogP contribution >= 0.6 is 0 Å². The number of likely N-dealkylation sites (N-methyl/N-ethyl adjacent to an activating group) is 1. The minimum atomic E-state index is -0.988. The van der Waals surface area contributed by atoms with Gasteiger partial charge in [0.15, 0.2) is 5.76 Å². The number of aliphatic carboxylic acids is 1. The zero-order valence-electron chi connectivity index (χ0n) is 11.6. The average molecular weight is 282 g/mol. The van der Waals surface area contributed by atoms with Crippen molar-refractivity contribution in [3.8, 4) is 0 Å². The fraction of sp³-hybridized carbons (Fsp3) is 0.462. The predicted octanol–water partition coefficient (Wildman–Crippen LogP) is 0.577. The second-order valence-corrected chi connectivity index (χ2v) is 4.62. The average Bonchev–Trinajstić information content (AvgIpc) is 2.89. The molecule has 0 fully saturated rings. The Labute approximate surface area is 116 Å². The maximum Gasteiger partial charge on any atom is 0.308 e. The van der Waals surface area contributed by atoms with Crippen LogP contribution in [0.25, 0.3) is 0 Å². The van der Waals surface area contributed by atoms with Gasteiger partial charge in [0, 0.05) is 13.1 Å². The van der Waals surface area contributed by atoms with E-state index in [2.05, 4.69) is 5.32 Å². The summed E-state index contributed by atoms with van der Waals surface area (Å²) in [4.78, 5) is 35.5. The maximum atomic E-state index is 11.8. The standard InChI is InChI=1S/C13H18N2O5/c1-8(13(18)19)9(2)14-11(16)7-15(3)12(17)10-5-4-6-20-10/h4-6,8-9H,7H2,1-3H3,(H,14,16)(H,18,19). The molecule has 0 aliphatic rings.